The molecule has 0 saturated carbocycles. The number of piperidine rings is 1. The van der Waals surface area contributed by atoms with Crippen molar-refractivity contribution in [3.05, 3.63) is 82.9 Å². The van der Waals surface area contributed by atoms with Crippen molar-refractivity contribution in [1.29, 1.82) is 0 Å². The van der Waals surface area contributed by atoms with Crippen LogP contribution in [0.25, 0.3) is 10.8 Å². The van der Waals surface area contributed by atoms with E-state index < -0.39 is 0 Å². The summed E-state index contributed by atoms with van der Waals surface area (Å²) in [4.78, 5) is 15.1. The topological polar surface area (TPSA) is 32.3 Å². The van der Waals surface area contributed by atoms with Gasteiger partial charge in [-0.25, -0.2) is 0 Å². The third-order valence-corrected chi connectivity index (χ3v) is 5.93. The Bertz CT molecular complexity index is 966. The van der Waals surface area contributed by atoms with Gasteiger partial charge in [-0.05, 0) is 47.4 Å². The van der Waals surface area contributed by atoms with Crippen molar-refractivity contribution in [2.24, 2.45) is 5.92 Å². The van der Waals surface area contributed by atoms with Gasteiger partial charge >= 0.3 is 0 Å². The summed E-state index contributed by atoms with van der Waals surface area (Å²) in [5, 5.41) is 6.37. The highest BCUT2D eigenvalue weighted by atomic mass is 35.5. The van der Waals surface area contributed by atoms with E-state index in [1.807, 2.05) is 30.3 Å². The summed E-state index contributed by atoms with van der Waals surface area (Å²) < 4.78 is 0. The average Bonchev–Trinajstić information content (AvgIpc) is 2.74. The molecule has 1 aliphatic heterocycles. The number of likely N-dealkylation sites (tertiary alicyclic amines) is 1. The van der Waals surface area contributed by atoms with Crippen LogP contribution >= 0.6 is 11.6 Å². The van der Waals surface area contributed by atoms with E-state index in [0.29, 0.717) is 6.54 Å². The van der Waals surface area contributed by atoms with Crippen molar-refractivity contribution in [1.82, 2.24) is 10.2 Å². The van der Waals surface area contributed by atoms with Crippen LogP contribution in [-0.2, 0) is 17.9 Å². The van der Waals surface area contributed by atoms with Crippen molar-refractivity contribution < 1.29 is 4.79 Å². The second-order valence-electron chi connectivity index (χ2n) is 7.52. The maximum absolute atomic E-state index is 12.8. The minimum atomic E-state index is 0.0335. The highest BCUT2D eigenvalue weighted by Gasteiger charge is 2.26. The molecular weight excluding hydrogens is 368 g/mol. The van der Waals surface area contributed by atoms with Crippen LogP contribution in [0.15, 0.2) is 66.7 Å². The summed E-state index contributed by atoms with van der Waals surface area (Å²) in [5.74, 6) is 0.183. The average molecular weight is 393 g/mol. The van der Waals surface area contributed by atoms with E-state index in [0.717, 1.165) is 48.6 Å². The second kappa shape index (κ2) is 8.76. The zero-order chi connectivity index (χ0) is 19.3. The number of carbonyl (C=O) groups is 1. The van der Waals surface area contributed by atoms with Gasteiger partial charge in [0.2, 0.25) is 5.91 Å². The molecular formula is C24H25ClN2O. The Hall–Kier alpha value is -2.36. The Morgan fingerprint density at radius 2 is 1.75 bits per heavy atom. The Morgan fingerprint density at radius 3 is 2.64 bits per heavy atom. The molecule has 0 aliphatic carbocycles. The number of fused-ring (bicyclic) bond motifs is 1. The van der Waals surface area contributed by atoms with Crippen molar-refractivity contribution in [2.75, 3.05) is 13.1 Å². The van der Waals surface area contributed by atoms with Crippen LogP contribution in [0, 0.1) is 5.92 Å². The zero-order valence-electron chi connectivity index (χ0n) is 15.9. The summed E-state index contributed by atoms with van der Waals surface area (Å²) in [6, 6.07) is 22.5. The van der Waals surface area contributed by atoms with Gasteiger partial charge in [-0.2, -0.15) is 0 Å². The smallest absolute Gasteiger partial charge is 0.224 e. The van der Waals surface area contributed by atoms with Gasteiger partial charge in [-0.3, -0.25) is 9.69 Å². The fourth-order valence-corrected chi connectivity index (χ4v) is 4.25. The Balaban J connectivity index is 1.37. The number of nitrogens with one attached hydrogen (secondary N) is 1. The lowest BCUT2D eigenvalue weighted by Crippen LogP contribution is -2.42. The number of halogens is 1. The van der Waals surface area contributed by atoms with Crippen molar-refractivity contribution in [3.8, 4) is 0 Å². The van der Waals surface area contributed by atoms with Crippen LogP contribution < -0.4 is 5.32 Å². The Morgan fingerprint density at radius 1 is 1.00 bits per heavy atom. The monoisotopic (exact) mass is 392 g/mol. The van der Waals surface area contributed by atoms with Crippen LogP contribution in [0.4, 0.5) is 0 Å². The third-order valence-electron chi connectivity index (χ3n) is 5.56. The molecule has 1 fully saturated rings. The number of hydrogen-bond acceptors (Lipinski definition) is 2. The molecule has 0 spiro atoms. The van der Waals surface area contributed by atoms with Gasteiger partial charge in [0.1, 0.15) is 0 Å². The van der Waals surface area contributed by atoms with Crippen LogP contribution in [0.3, 0.4) is 0 Å². The van der Waals surface area contributed by atoms with Crippen molar-refractivity contribution in [3.63, 3.8) is 0 Å². The quantitative estimate of drug-likeness (QED) is 0.661. The van der Waals surface area contributed by atoms with Crippen LogP contribution in [0.2, 0.25) is 5.02 Å². The standard InChI is InChI=1S/C24H25ClN2O/c25-23-13-4-2-8-20(23)16-27-14-6-11-21(17-27)24(28)26-15-19-10-5-9-18-7-1-3-12-22(18)19/h1-5,7-10,12-13,21H,6,11,14-17H2,(H,26,28). The number of carbonyl (C=O) groups excluding carboxylic acids is 1. The predicted octanol–water partition coefficient (Wildman–Crippen LogP) is 5.02. The normalized spacial score (nSPS) is 17.5. The highest BCUT2D eigenvalue weighted by Crippen LogP contribution is 2.23. The maximum Gasteiger partial charge on any atom is 0.224 e. The Labute approximate surface area is 171 Å². The second-order valence-corrected chi connectivity index (χ2v) is 7.93. The predicted molar refractivity (Wildman–Crippen MR) is 115 cm³/mol. The molecule has 1 atom stereocenters. The summed E-state index contributed by atoms with van der Waals surface area (Å²) >= 11 is 6.30. The van der Waals surface area contributed by atoms with E-state index in [1.54, 1.807) is 0 Å². The van der Waals surface area contributed by atoms with Crippen LogP contribution in [-0.4, -0.2) is 23.9 Å². The molecule has 4 rings (SSSR count). The molecule has 144 valence electrons. The molecule has 1 aliphatic rings. The van der Waals surface area contributed by atoms with Gasteiger partial charge in [0, 0.05) is 24.7 Å². The zero-order valence-corrected chi connectivity index (χ0v) is 16.7. The van der Waals surface area contributed by atoms with Gasteiger partial charge in [0.25, 0.3) is 0 Å². The van der Waals surface area contributed by atoms with E-state index in [1.165, 1.54) is 10.8 Å². The molecule has 1 saturated heterocycles. The van der Waals surface area contributed by atoms with Gasteiger partial charge in [0.15, 0.2) is 0 Å². The molecule has 1 N–H and O–H groups in total. The first-order valence-corrected chi connectivity index (χ1v) is 10.3. The van der Waals surface area contributed by atoms with Crippen LogP contribution in [0.5, 0.6) is 0 Å². The number of benzene rings is 3. The number of rotatable bonds is 5. The number of amides is 1. The molecule has 3 aromatic rings. The lowest BCUT2D eigenvalue weighted by atomic mass is 9.96. The summed E-state index contributed by atoms with van der Waals surface area (Å²) in [5.41, 5.74) is 2.29. The van der Waals surface area contributed by atoms with E-state index in [-0.39, 0.29) is 11.8 Å². The molecule has 4 heteroatoms. The van der Waals surface area contributed by atoms with E-state index in [4.69, 9.17) is 11.6 Å². The lowest BCUT2D eigenvalue weighted by Gasteiger charge is -2.32. The minimum Gasteiger partial charge on any atom is -0.352 e. The third kappa shape index (κ3) is 4.37. The molecule has 28 heavy (non-hydrogen) atoms. The summed E-state index contributed by atoms with van der Waals surface area (Å²) in [7, 11) is 0. The van der Waals surface area contributed by atoms with Gasteiger partial charge in [-0.15, -0.1) is 0 Å². The first kappa shape index (κ1) is 19.0. The fourth-order valence-electron chi connectivity index (χ4n) is 4.05. The molecule has 1 amide bonds. The molecule has 0 aromatic heterocycles. The number of hydrogen-bond donors (Lipinski definition) is 1. The van der Waals surface area contributed by atoms with E-state index in [2.05, 4.69) is 46.6 Å². The minimum absolute atomic E-state index is 0.0335. The maximum atomic E-state index is 12.8. The van der Waals surface area contributed by atoms with Crippen molar-refractivity contribution in [2.45, 2.75) is 25.9 Å². The largest absolute Gasteiger partial charge is 0.352 e. The molecule has 1 heterocycles. The SMILES string of the molecule is O=C(NCc1cccc2ccccc12)C1CCCN(Cc2ccccc2Cl)C1. The van der Waals surface area contributed by atoms with E-state index >= 15 is 0 Å². The van der Waals surface area contributed by atoms with Gasteiger partial charge in [-0.1, -0.05) is 72.3 Å². The summed E-state index contributed by atoms with van der Waals surface area (Å²) in [6.07, 6.45) is 1.98. The highest BCUT2D eigenvalue weighted by molar-refractivity contribution is 6.31. The van der Waals surface area contributed by atoms with Gasteiger partial charge in [0.05, 0.1) is 5.92 Å². The lowest BCUT2D eigenvalue weighted by molar-refractivity contribution is -0.126. The van der Waals surface area contributed by atoms with Crippen LogP contribution in [0.1, 0.15) is 24.0 Å². The molecule has 0 bridgehead atoms. The number of nitrogens with zero attached hydrogens (tertiary/aromatic N) is 1. The van der Waals surface area contributed by atoms with Gasteiger partial charge < -0.3 is 5.32 Å². The fraction of sp³-hybridized carbons (Fsp3) is 0.292. The molecule has 3 nitrogen and oxygen atoms in total. The summed E-state index contributed by atoms with van der Waals surface area (Å²) in [6.45, 7) is 3.17. The Kier molecular flexibility index (Phi) is 5.94. The van der Waals surface area contributed by atoms with E-state index in [9.17, 15) is 4.79 Å². The van der Waals surface area contributed by atoms with Crippen molar-refractivity contribution >= 4 is 28.3 Å². The first-order chi connectivity index (χ1) is 13.7. The first-order valence-electron chi connectivity index (χ1n) is 9.91. The molecule has 0 radical (unpaired) electrons. The molecule has 3 aromatic carbocycles. The molecule has 1 unspecified atom stereocenters.